The summed E-state index contributed by atoms with van der Waals surface area (Å²) in [6.45, 7) is -0.0268. The SMILES string of the molecule is CSCC[C@@H](OC#N)C(=O)OCCOC#N. The van der Waals surface area contributed by atoms with Crippen LogP contribution in [0.2, 0.25) is 0 Å². The fourth-order valence-corrected chi connectivity index (χ4v) is 1.29. The number of carbonyl (C=O) groups excluding carboxylic acids is 1. The third-order valence-electron chi connectivity index (χ3n) is 1.54. The molecule has 0 amide bonds. The molecule has 16 heavy (non-hydrogen) atoms. The van der Waals surface area contributed by atoms with E-state index in [1.54, 1.807) is 11.8 Å². The van der Waals surface area contributed by atoms with Crippen molar-refractivity contribution in [3.63, 3.8) is 0 Å². The summed E-state index contributed by atoms with van der Waals surface area (Å²) >= 11 is 1.54. The summed E-state index contributed by atoms with van der Waals surface area (Å²) in [5, 5.41) is 16.4. The first kappa shape index (κ1) is 14.4. The fraction of sp³-hybridized carbons (Fsp3) is 0.667. The third-order valence-corrected chi connectivity index (χ3v) is 2.18. The van der Waals surface area contributed by atoms with Crippen molar-refractivity contribution in [3.8, 4) is 12.5 Å². The Morgan fingerprint density at radius 2 is 2.12 bits per heavy atom. The summed E-state index contributed by atoms with van der Waals surface area (Å²) in [5.74, 6) is 0.0769. The zero-order valence-corrected chi connectivity index (χ0v) is 9.66. The summed E-state index contributed by atoms with van der Waals surface area (Å²) in [7, 11) is 0. The highest BCUT2D eigenvalue weighted by Crippen LogP contribution is 2.06. The highest BCUT2D eigenvalue weighted by molar-refractivity contribution is 7.98. The van der Waals surface area contributed by atoms with Crippen LogP contribution in [0.15, 0.2) is 0 Å². The highest BCUT2D eigenvalue weighted by atomic mass is 32.2. The maximum atomic E-state index is 11.4. The van der Waals surface area contributed by atoms with Gasteiger partial charge < -0.3 is 14.2 Å². The van der Waals surface area contributed by atoms with E-state index in [4.69, 9.17) is 15.3 Å². The number of ether oxygens (including phenoxy) is 3. The Kier molecular flexibility index (Phi) is 8.94. The van der Waals surface area contributed by atoms with E-state index in [1.165, 1.54) is 12.5 Å². The molecule has 0 saturated heterocycles. The first-order valence-electron chi connectivity index (χ1n) is 4.47. The van der Waals surface area contributed by atoms with E-state index in [-0.39, 0.29) is 13.2 Å². The second-order valence-corrected chi connectivity index (χ2v) is 3.57. The molecule has 0 N–H and O–H groups in total. The van der Waals surface area contributed by atoms with Crippen LogP contribution in [-0.2, 0) is 19.0 Å². The second kappa shape index (κ2) is 9.94. The zero-order chi connectivity index (χ0) is 12.2. The Labute approximate surface area is 98.1 Å². The van der Waals surface area contributed by atoms with Crippen molar-refractivity contribution in [1.29, 1.82) is 10.5 Å². The Bertz CT molecular complexity index is 284. The number of esters is 1. The lowest BCUT2D eigenvalue weighted by molar-refractivity contribution is -0.154. The lowest BCUT2D eigenvalue weighted by Crippen LogP contribution is -2.27. The van der Waals surface area contributed by atoms with Gasteiger partial charge in [-0.25, -0.2) is 4.79 Å². The minimum Gasteiger partial charge on any atom is -0.459 e. The van der Waals surface area contributed by atoms with Gasteiger partial charge in [-0.1, -0.05) is 0 Å². The molecule has 0 heterocycles. The summed E-state index contributed by atoms with van der Waals surface area (Å²) in [6.07, 6.45) is 4.34. The van der Waals surface area contributed by atoms with Gasteiger partial charge in [-0.2, -0.15) is 22.3 Å². The molecule has 0 aromatic carbocycles. The van der Waals surface area contributed by atoms with Crippen molar-refractivity contribution >= 4 is 17.7 Å². The van der Waals surface area contributed by atoms with E-state index >= 15 is 0 Å². The smallest absolute Gasteiger partial charge is 0.348 e. The zero-order valence-electron chi connectivity index (χ0n) is 8.84. The Morgan fingerprint density at radius 1 is 1.38 bits per heavy atom. The number of nitriles is 2. The Morgan fingerprint density at radius 3 is 2.69 bits per heavy atom. The molecular formula is C9H12N2O4S. The van der Waals surface area contributed by atoms with Gasteiger partial charge in [-0.15, -0.1) is 0 Å². The molecule has 0 saturated carbocycles. The van der Waals surface area contributed by atoms with Gasteiger partial charge in [0.05, 0.1) is 0 Å². The third kappa shape index (κ3) is 6.80. The number of nitrogens with zero attached hydrogens (tertiary/aromatic N) is 2. The van der Waals surface area contributed by atoms with Crippen molar-refractivity contribution in [3.05, 3.63) is 0 Å². The molecule has 1 atom stereocenters. The van der Waals surface area contributed by atoms with E-state index in [2.05, 4.69) is 9.47 Å². The van der Waals surface area contributed by atoms with Crippen LogP contribution >= 0.6 is 11.8 Å². The van der Waals surface area contributed by atoms with Gasteiger partial charge in [-0.05, 0) is 12.0 Å². The molecule has 0 radical (unpaired) electrons. The van der Waals surface area contributed by atoms with Crippen molar-refractivity contribution in [2.24, 2.45) is 0 Å². The topological polar surface area (TPSA) is 92.3 Å². The average Bonchev–Trinajstić information content (AvgIpc) is 2.29. The largest absolute Gasteiger partial charge is 0.459 e. The van der Waals surface area contributed by atoms with Crippen molar-refractivity contribution < 1.29 is 19.0 Å². The van der Waals surface area contributed by atoms with Crippen LogP contribution in [0.1, 0.15) is 6.42 Å². The van der Waals surface area contributed by atoms with Crippen LogP contribution in [0.25, 0.3) is 0 Å². The second-order valence-electron chi connectivity index (χ2n) is 2.59. The normalized spacial score (nSPS) is 10.7. The molecule has 0 aromatic rings. The van der Waals surface area contributed by atoms with Crippen LogP contribution in [0.4, 0.5) is 0 Å². The van der Waals surface area contributed by atoms with Crippen LogP contribution < -0.4 is 0 Å². The molecule has 7 heteroatoms. The summed E-state index contributed by atoms with van der Waals surface area (Å²) < 4.78 is 13.7. The molecular weight excluding hydrogens is 232 g/mol. The van der Waals surface area contributed by atoms with Gasteiger partial charge in [0.2, 0.25) is 6.10 Å². The lowest BCUT2D eigenvalue weighted by Gasteiger charge is -2.11. The van der Waals surface area contributed by atoms with Crippen LogP contribution in [-0.4, -0.2) is 37.3 Å². The maximum absolute atomic E-state index is 11.4. The summed E-state index contributed by atoms with van der Waals surface area (Å²) in [6, 6.07) is 0. The summed E-state index contributed by atoms with van der Waals surface area (Å²) in [5.41, 5.74) is 0. The van der Waals surface area contributed by atoms with Gasteiger partial charge in [0, 0.05) is 6.42 Å². The monoisotopic (exact) mass is 244 g/mol. The van der Waals surface area contributed by atoms with Crippen LogP contribution in [0.5, 0.6) is 0 Å². The van der Waals surface area contributed by atoms with E-state index in [0.29, 0.717) is 12.2 Å². The van der Waals surface area contributed by atoms with Gasteiger partial charge in [-0.3, -0.25) is 0 Å². The molecule has 0 aliphatic rings. The minimum absolute atomic E-state index is 0.00401. The minimum atomic E-state index is -0.875. The standard InChI is InChI=1S/C9H12N2O4S/c1-16-5-2-8(15-7-11)9(12)14-4-3-13-6-10/h8H,2-5H2,1H3/t8-/m1/s1. The number of thioether (sulfide) groups is 1. The molecule has 0 aliphatic heterocycles. The van der Waals surface area contributed by atoms with Crippen LogP contribution in [0, 0.1) is 23.0 Å². The summed E-state index contributed by atoms with van der Waals surface area (Å²) in [4.78, 5) is 11.4. The van der Waals surface area contributed by atoms with Crippen molar-refractivity contribution in [1.82, 2.24) is 0 Å². The molecule has 0 bridgehead atoms. The molecule has 0 fully saturated rings. The van der Waals surface area contributed by atoms with E-state index < -0.39 is 12.1 Å². The van der Waals surface area contributed by atoms with Crippen molar-refractivity contribution in [2.75, 3.05) is 25.2 Å². The molecule has 0 aliphatic carbocycles. The first-order valence-corrected chi connectivity index (χ1v) is 5.86. The fourth-order valence-electron chi connectivity index (χ4n) is 0.836. The Balaban J connectivity index is 3.88. The van der Waals surface area contributed by atoms with Gasteiger partial charge in [0.25, 0.3) is 12.5 Å². The molecule has 6 nitrogen and oxygen atoms in total. The van der Waals surface area contributed by atoms with Gasteiger partial charge in [0.1, 0.15) is 13.2 Å². The molecule has 0 aromatic heterocycles. The van der Waals surface area contributed by atoms with E-state index in [1.807, 2.05) is 6.26 Å². The molecule has 88 valence electrons. The lowest BCUT2D eigenvalue weighted by atomic mass is 10.3. The first-order chi connectivity index (χ1) is 7.76. The molecule has 0 unspecified atom stereocenters. The molecule has 0 spiro atoms. The predicted octanol–water partition coefficient (Wildman–Crippen LogP) is 0.647. The average molecular weight is 244 g/mol. The van der Waals surface area contributed by atoms with Crippen LogP contribution in [0.3, 0.4) is 0 Å². The highest BCUT2D eigenvalue weighted by Gasteiger charge is 2.21. The maximum Gasteiger partial charge on any atom is 0.348 e. The Hall–Kier alpha value is -1.60. The van der Waals surface area contributed by atoms with Gasteiger partial charge >= 0.3 is 5.97 Å². The number of hydrogen-bond donors (Lipinski definition) is 0. The van der Waals surface area contributed by atoms with E-state index in [9.17, 15) is 4.79 Å². The van der Waals surface area contributed by atoms with E-state index in [0.717, 1.165) is 0 Å². The number of carbonyl (C=O) groups is 1. The van der Waals surface area contributed by atoms with Crippen molar-refractivity contribution in [2.45, 2.75) is 12.5 Å². The van der Waals surface area contributed by atoms with Gasteiger partial charge in [0.15, 0.2) is 0 Å². The number of rotatable bonds is 8. The molecule has 0 rings (SSSR count). The quantitative estimate of drug-likeness (QED) is 0.351. The number of hydrogen-bond acceptors (Lipinski definition) is 7. The predicted molar refractivity (Wildman–Crippen MR) is 56.0 cm³/mol.